The Balaban J connectivity index is 2.13. The molecule has 1 atom stereocenters. The molecule has 0 spiro atoms. The van der Waals surface area contributed by atoms with Gasteiger partial charge in [-0.1, -0.05) is 0 Å². The monoisotopic (exact) mass is 382 g/mol. The van der Waals surface area contributed by atoms with Crippen molar-refractivity contribution in [2.45, 2.75) is 25.9 Å². The van der Waals surface area contributed by atoms with Gasteiger partial charge in [0, 0.05) is 11.8 Å². The van der Waals surface area contributed by atoms with E-state index in [0.29, 0.717) is 5.69 Å². The molecule has 4 N–H and O–H groups in total. The van der Waals surface area contributed by atoms with Crippen LogP contribution in [0.25, 0.3) is 0 Å². The second kappa shape index (κ2) is 6.78. The van der Waals surface area contributed by atoms with Gasteiger partial charge >= 0.3 is 6.18 Å². The van der Waals surface area contributed by atoms with Crippen LogP contribution in [0.4, 0.5) is 35.1 Å². The summed E-state index contributed by atoms with van der Waals surface area (Å²) < 4.78 is 54.4. The zero-order valence-electron chi connectivity index (χ0n) is 14.1. The number of nitrogens with two attached hydrogens (primary N) is 1. The van der Waals surface area contributed by atoms with Crippen molar-refractivity contribution in [3.05, 3.63) is 47.1 Å². The summed E-state index contributed by atoms with van der Waals surface area (Å²) in [6.07, 6.45) is -3.07. The van der Waals surface area contributed by atoms with Gasteiger partial charge in [-0.3, -0.25) is 5.10 Å². The first-order chi connectivity index (χ1) is 12.6. The highest BCUT2D eigenvalue weighted by Gasteiger charge is 2.40. The SMILES string of the molecule is Cc1cc(Nc2nc(N)nc([C@H](C)c3ncc(F)cn3)c2C(F)(F)F)n[nH]1. The van der Waals surface area contributed by atoms with Crippen molar-refractivity contribution in [1.82, 2.24) is 30.1 Å². The molecule has 27 heavy (non-hydrogen) atoms. The molecule has 0 saturated carbocycles. The number of anilines is 3. The second-order valence-corrected chi connectivity index (χ2v) is 5.73. The number of nitrogens with one attached hydrogen (secondary N) is 2. The van der Waals surface area contributed by atoms with Crippen LogP contribution >= 0.6 is 0 Å². The summed E-state index contributed by atoms with van der Waals surface area (Å²) in [7, 11) is 0. The van der Waals surface area contributed by atoms with E-state index in [1.54, 1.807) is 6.92 Å². The van der Waals surface area contributed by atoms with Crippen molar-refractivity contribution in [2.24, 2.45) is 0 Å². The molecule has 3 aromatic heterocycles. The van der Waals surface area contributed by atoms with Gasteiger partial charge in [-0.2, -0.15) is 23.3 Å². The summed E-state index contributed by atoms with van der Waals surface area (Å²) in [5, 5.41) is 8.94. The van der Waals surface area contributed by atoms with Gasteiger partial charge in [0.05, 0.1) is 24.0 Å². The average molecular weight is 382 g/mol. The van der Waals surface area contributed by atoms with Crippen molar-refractivity contribution < 1.29 is 17.6 Å². The fraction of sp³-hybridized carbons (Fsp3) is 0.267. The minimum atomic E-state index is -4.80. The molecule has 0 aromatic carbocycles. The first kappa shape index (κ1) is 18.5. The van der Waals surface area contributed by atoms with E-state index in [9.17, 15) is 17.6 Å². The van der Waals surface area contributed by atoms with E-state index < -0.39 is 35.0 Å². The van der Waals surface area contributed by atoms with Gasteiger partial charge in [0.1, 0.15) is 17.2 Å². The average Bonchev–Trinajstić information content (AvgIpc) is 2.98. The normalized spacial score (nSPS) is 12.8. The number of nitrogens with zero attached hydrogens (tertiary/aromatic N) is 5. The second-order valence-electron chi connectivity index (χ2n) is 5.73. The summed E-state index contributed by atoms with van der Waals surface area (Å²) in [6, 6.07) is 1.50. The van der Waals surface area contributed by atoms with Crippen molar-refractivity contribution in [2.75, 3.05) is 11.1 Å². The van der Waals surface area contributed by atoms with E-state index in [1.165, 1.54) is 13.0 Å². The summed E-state index contributed by atoms with van der Waals surface area (Å²) >= 11 is 0. The Morgan fingerprint density at radius 2 is 1.85 bits per heavy atom. The van der Waals surface area contributed by atoms with Crippen LogP contribution in [-0.4, -0.2) is 30.1 Å². The highest BCUT2D eigenvalue weighted by atomic mass is 19.4. The molecule has 3 aromatic rings. The molecule has 0 aliphatic heterocycles. The Kier molecular flexibility index (Phi) is 4.64. The van der Waals surface area contributed by atoms with Crippen molar-refractivity contribution >= 4 is 17.6 Å². The van der Waals surface area contributed by atoms with Crippen molar-refractivity contribution in [1.29, 1.82) is 0 Å². The van der Waals surface area contributed by atoms with Gasteiger partial charge in [0.2, 0.25) is 5.95 Å². The van der Waals surface area contributed by atoms with Crippen LogP contribution in [0, 0.1) is 12.7 Å². The van der Waals surface area contributed by atoms with Gasteiger partial charge < -0.3 is 11.1 Å². The maximum atomic E-state index is 13.8. The van der Waals surface area contributed by atoms with Gasteiger partial charge in [-0.15, -0.1) is 0 Å². The van der Waals surface area contributed by atoms with Crippen molar-refractivity contribution in [3.8, 4) is 0 Å². The lowest BCUT2D eigenvalue weighted by atomic mass is 10.0. The first-order valence-electron chi connectivity index (χ1n) is 7.66. The summed E-state index contributed by atoms with van der Waals surface area (Å²) in [6.45, 7) is 3.10. The Morgan fingerprint density at radius 1 is 1.19 bits per heavy atom. The van der Waals surface area contributed by atoms with E-state index in [1.807, 2.05) is 0 Å². The molecular weight excluding hydrogens is 368 g/mol. The fourth-order valence-corrected chi connectivity index (χ4v) is 2.45. The third kappa shape index (κ3) is 3.93. The van der Waals surface area contributed by atoms with Crippen LogP contribution in [0.3, 0.4) is 0 Å². The number of hydrogen-bond acceptors (Lipinski definition) is 7. The standard InChI is InChI=1S/C15H14F4N8/c1-6-3-9(27-26-6)23-13-10(15(17,18)19)11(24-14(20)25-13)7(2)12-21-4-8(16)5-22-12/h3-5,7H,1-2H3,(H4,20,23,24,25,26,27)/t7-/m0/s1. The Bertz CT molecular complexity index is 951. The minimum absolute atomic E-state index is 0.0402. The van der Waals surface area contributed by atoms with E-state index in [2.05, 4.69) is 35.5 Å². The quantitative estimate of drug-likeness (QED) is 0.594. The molecule has 3 rings (SSSR count). The Labute approximate surface area is 150 Å². The van der Waals surface area contributed by atoms with Crippen molar-refractivity contribution in [3.63, 3.8) is 0 Å². The predicted molar refractivity (Wildman–Crippen MR) is 87.6 cm³/mol. The van der Waals surface area contributed by atoms with E-state index >= 15 is 0 Å². The number of halogens is 4. The van der Waals surface area contributed by atoms with Gasteiger partial charge in [0.15, 0.2) is 11.6 Å². The first-order valence-corrected chi connectivity index (χ1v) is 7.66. The molecule has 0 saturated heterocycles. The lowest BCUT2D eigenvalue weighted by Gasteiger charge is -2.19. The maximum Gasteiger partial charge on any atom is 0.421 e. The smallest absolute Gasteiger partial charge is 0.368 e. The summed E-state index contributed by atoms with van der Waals surface area (Å²) in [4.78, 5) is 14.9. The predicted octanol–water partition coefficient (Wildman–Crippen LogP) is 2.93. The molecule has 0 radical (unpaired) electrons. The maximum absolute atomic E-state index is 13.8. The van der Waals surface area contributed by atoms with E-state index in [4.69, 9.17) is 5.73 Å². The largest absolute Gasteiger partial charge is 0.421 e. The number of aryl methyl sites for hydroxylation is 1. The minimum Gasteiger partial charge on any atom is -0.368 e. The zero-order chi connectivity index (χ0) is 19.8. The van der Waals surface area contributed by atoms with Gasteiger partial charge in [-0.05, 0) is 13.8 Å². The van der Waals surface area contributed by atoms with E-state index in [-0.39, 0.29) is 17.6 Å². The van der Waals surface area contributed by atoms with Crippen LogP contribution < -0.4 is 11.1 Å². The molecule has 0 fully saturated rings. The number of hydrogen-bond donors (Lipinski definition) is 3. The van der Waals surface area contributed by atoms with E-state index in [0.717, 1.165) is 12.4 Å². The van der Waals surface area contributed by atoms with Crippen LogP contribution in [0.15, 0.2) is 18.5 Å². The summed E-state index contributed by atoms with van der Waals surface area (Å²) in [5.41, 5.74) is 4.69. The molecule has 0 aliphatic rings. The van der Waals surface area contributed by atoms with Gasteiger partial charge in [-0.25, -0.2) is 19.3 Å². The third-order valence-electron chi connectivity index (χ3n) is 3.63. The third-order valence-corrected chi connectivity index (χ3v) is 3.63. The number of aromatic amines is 1. The lowest BCUT2D eigenvalue weighted by molar-refractivity contribution is -0.138. The van der Waals surface area contributed by atoms with Crippen LogP contribution in [0.1, 0.15) is 35.6 Å². The Hall–Kier alpha value is -3.31. The highest BCUT2D eigenvalue weighted by molar-refractivity contribution is 5.60. The van der Waals surface area contributed by atoms with Crippen LogP contribution in [0.2, 0.25) is 0 Å². The zero-order valence-corrected chi connectivity index (χ0v) is 14.1. The fourth-order valence-electron chi connectivity index (χ4n) is 2.45. The molecule has 0 unspecified atom stereocenters. The van der Waals surface area contributed by atoms with Crippen LogP contribution in [0.5, 0.6) is 0 Å². The number of aromatic nitrogens is 6. The number of nitrogen functional groups attached to an aromatic ring is 1. The van der Waals surface area contributed by atoms with Crippen LogP contribution in [-0.2, 0) is 6.18 Å². The molecule has 0 bridgehead atoms. The highest BCUT2D eigenvalue weighted by Crippen LogP contribution is 2.40. The molecule has 8 nitrogen and oxygen atoms in total. The molecule has 12 heteroatoms. The number of rotatable bonds is 4. The topological polar surface area (TPSA) is 118 Å². The molecule has 142 valence electrons. The molecular formula is C15H14F4N8. The molecule has 0 aliphatic carbocycles. The molecule has 0 amide bonds. The Morgan fingerprint density at radius 3 is 2.41 bits per heavy atom. The number of H-pyrrole nitrogens is 1. The summed E-state index contributed by atoms with van der Waals surface area (Å²) in [5.74, 6) is -2.56. The molecule has 3 heterocycles. The lowest BCUT2D eigenvalue weighted by Crippen LogP contribution is -2.20. The van der Waals surface area contributed by atoms with Gasteiger partial charge in [0.25, 0.3) is 0 Å². The number of alkyl halides is 3.